The van der Waals surface area contributed by atoms with E-state index in [1.165, 1.54) is 50.1 Å². The summed E-state index contributed by atoms with van der Waals surface area (Å²) in [4.78, 5) is 2.51. The van der Waals surface area contributed by atoms with Crippen molar-refractivity contribution in [1.82, 2.24) is 0 Å². The highest BCUT2D eigenvalue weighted by Gasteiger charge is 2.37. The first kappa shape index (κ1) is 17.8. The Morgan fingerprint density at radius 2 is 1.24 bits per heavy atom. The molecule has 1 nitrogen and oxygen atoms in total. The van der Waals surface area contributed by atoms with Gasteiger partial charge in [-0.25, -0.2) is 0 Å². The quantitative estimate of drug-likeness (QED) is 0.417. The lowest BCUT2D eigenvalue weighted by molar-refractivity contribution is 1.33. The van der Waals surface area contributed by atoms with Crippen molar-refractivity contribution in [3.63, 3.8) is 0 Å². The highest BCUT2D eigenvalue weighted by atomic mass is 15.1. The topological polar surface area (TPSA) is 3.24 Å². The second-order valence-corrected chi connectivity index (χ2v) is 8.07. The summed E-state index contributed by atoms with van der Waals surface area (Å²) < 4.78 is 0. The standard InChI is InChI=1S/C27H24BN/c1-19-12-15-22(16-13-19)29-27-17-14-20(2)18-24(27)23-9-5-7-11-26(23)28(29)25-10-6-4-8-21(25)3/h4-18H,1-3H3. The molecule has 0 aromatic heterocycles. The summed E-state index contributed by atoms with van der Waals surface area (Å²) in [6.45, 7) is 6.68. The van der Waals surface area contributed by atoms with Crippen LogP contribution in [0.4, 0.5) is 11.4 Å². The van der Waals surface area contributed by atoms with E-state index in [2.05, 4.69) is 117 Å². The first-order chi connectivity index (χ1) is 14.1. The molecule has 4 aromatic rings. The van der Waals surface area contributed by atoms with Crippen molar-refractivity contribution >= 4 is 29.1 Å². The third-order valence-corrected chi connectivity index (χ3v) is 6.01. The first-order valence-corrected chi connectivity index (χ1v) is 10.2. The van der Waals surface area contributed by atoms with Crippen molar-refractivity contribution in [3.8, 4) is 11.1 Å². The molecule has 1 heterocycles. The maximum atomic E-state index is 2.51. The summed E-state index contributed by atoms with van der Waals surface area (Å²) in [6, 6.07) is 33.4. The van der Waals surface area contributed by atoms with Crippen LogP contribution in [0.1, 0.15) is 16.7 Å². The third kappa shape index (κ3) is 2.96. The Hall–Kier alpha value is -3.26. The van der Waals surface area contributed by atoms with Gasteiger partial charge < -0.3 is 4.81 Å². The third-order valence-electron chi connectivity index (χ3n) is 6.01. The van der Waals surface area contributed by atoms with Gasteiger partial charge in [-0.1, -0.05) is 83.4 Å². The smallest absolute Gasteiger partial charge is 0.329 e. The molecule has 0 atom stereocenters. The summed E-state index contributed by atoms with van der Waals surface area (Å²) in [5, 5.41) is 0. The minimum Gasteiger partial charge on any atom is -0.376 e. The second kappa shape index (κ2) is 6.97. The molecule has 1 aliphatic heterocycles. The number of hydrogen-bond acceptors (Lipinski definition) is 1. The van der Waals surface area contributed by atoms with Crippen molar-refractivity contribution in [3.05, 3.63) is 108 Å². The SMILES string of the molecule is Cc1ccc(N2B(c3ccccc3C)c3ccccc3-c3cc(C)ccc32)cc1. The van der Waals surface area contributed by atoms with E-state index in [0.717, 1.165) is 0 Å². The number of hydrogen-bond donors (Lipinski definition) is 0. The van der Waals surface area contributed by atoms with Crippen molar-refractivity contribution in [1.29, 1.82) is 0 Å². The van der Waals surface area contributed by atoms with Gasteiger partial charge in [-0.05, 0) is 61.5 Å². The number of fused-ring (bicyclic) bond motifs is 3. The van der Waals surface area contributed by atoms with E-state index in [-0.39, 0.29) is 6.85 Å². The van der Waals surface area contributed by atoms with Crippen LogP contribution in [0.15, 0.2) is 91.0 Å². The van der Waals surface area contributed by atoms with Gasteiger partial charge in [-0.2, -0.15) is 0 Å². The molecule has 4 aromatic carbocycles. The Bertz CT molecular complexity index is 1190. The fourth-order valence-electron chi connectivity index (χ4n) is 4.53. The second-order valence-electron chi connectivity index (χ2n) is 8.07. The molecule has 0 saturated heterocycles. The van der Waals surface area contributed by atoms with E-state index in [4.69, 9.17) is 0 Å². The predicted molar refractivity (Wildman–Crippen MR) is 126 cm³/mol. The molecule has 0 spiro atoms. The Labute approximate surface area is 173 Å². The lowest BCUT2D eigenvalue weighted by Gasteiger charge is -2.39. The number of benzene rings is 4. The molecular weight excluding hydrogens is 349 g/mol. The van der Waals surface area contributed by atoms with Crippen LogP contribution in [-0.4, -0.2) is 6.85 Å². The maximum absolute atomic E-state index is 2.51. The van der Waals surface area contributed by atoms with Gasteiger partial charge in [0.15, 0.2) is 0 Å². The van der Waals surface area contributed by atoms with Gasteiger partial charge in [0, 0.05) is 16.9 Å². The lowest BCUT2D eigenvalue weighted by atomic mass is 9.45. The van der Waals surface area contributed by atoms with Crippen molar-refractivity contribution in [2.75, 3.05) is 4.81 Å². The van der Waals surface area contributed by atoms with Gasteiger partial charge >= 0.3 is 6.85 Å². The average Bonchev–Trinajstić information content (AvgIpc) is 2.74. The zero-order valence-electron chi connectivity index (χ0n) is 17.2. The molecule has 5 rings (SSSR count). The van der Waals surface area contributed by atoms with Crippen molar-refractivity contribution < 1.29 is 0 Å². The molecule has 29 heavy (non-hydrogen) atoms. The summed E-state index contributed by atoms with van der Waals surface area (Å²) in [5.41, 5.74) is 11.7. The summed E-state index contributed by atoms with van der Waals surface area (Å²) in [6.07, 6.45) is 0. The Balaban J connectivity index is 1.84. The fraction of sp³-hybridized carbons (Fsp3) is 0.111. The summed E-state index contributed by atoms with van der Waals surface area (Å²) in [5.74, 6) is 0. The van der Waals surface area contributed by atoms with E-state index < -0.39 is 0 Å². The van der Waals surface area contributed by atoms with Gasteiger partial charge in [-0.15, -0.1) is 0 Å². The molecule has 0 aliphatic carbocycles. The normalized spacial score (nSPS) is 12.5. The first-order valence-electron chi connectivity index (χ1n) is 10.2. The largest absolute Gasteiger partial charge is 0.376 e. The van der Waals surface area contributed by atoms with Crippen molar-refractivity contribution in [2.45, 2.75) is 20.8 Å². The van der Waals surface area contributed by atoms with Crippen LogP contribution < -0.4 is 15.7 Å². The fourth-order valence-corrected chi connectivity index (χ4v) is 4.53. The van der Waals surface area contributed by atoms with Gasteiger partial charge in [0.2, 0.25) is 0 Å². The number of nitrogens with zero attached hydrogens (tertiary/aromatic N) is 1. The van der Waals surface area contributed by atoms with Gasteiger partial charge in [0.1, 0.15) is 0 Å². The Morgan fingerprint density at radius 3 is 2.00 bits per heavy atom. The molecule has 0 radical (unpaired) electrons. The molecular formula is C27H24BN. The van der Waals surface area contributed by atoms with E-state index >= 15 is 0 Å². The molecule has 140 valence electrons. The highest BCUT2D eigenvalue weighted by Crippen LogP contribution is 2.40. The minimum absolute atomic E-state index is 0.144. The number of anilines is 2. The zero-order chi connectivity index (χ0) is 20.0. The number of aryl methyl sites for hydroxylation is 3. The molecule has 0 amide bonds. The van der Waals surface area contributed by atoms with Crippen LogP contribution in [0, 0.1) is 20.8 Å². The summed E-state index contributed by atoms with van der Waals surface area (Å²) >= 11 is 0. The van der Waals surface area contributed by atoms with E-state index in [9.17, 15) is 0 Å². The zero-order valence-corrected chi connectivity index (χ0v) is 17.2. The van der Waals surface area contributed by atoms with Crippen LogP contribution >= 0.6 is 0 Å². The van der Waals surface area contributed by atoms with Crippen LogP contribution in [0.3, 0.4) is 0 Å². The van der Waals surface area contributed by atoms with Crippen LogP contribution in [0.25, 0.3) is 11.1 Å². The molecule has 1 aliphatic rings. The Kier molecular flexibility index (Phi) is 4.28. The van der Waals surface area contributed by atoms with E-state index in [0.29, 0.717) is 0 Å². The summed E-state index contributed by atoms with van der Waals surface area (Å²) in [7, 11) is 0. The molecule has 0 N–H and O–H groups in total. The lowest BCUT2D eigenvalue weighted by Crippen LogP contribution is -2.58. The van der Waals surface area contributed by atoms with Crippen LogP contribution in [0.5, 0.6) is 0 Å². The Morgan fingerprint density at radius 1 is 0.586 bits per heavy atom. The van der Waals surface area contributed by atoms with Gasteiger partial charge in [0.05, 0.1) is 0 Å². The number of rotatable bonds is 2. The minimum atomic E-state index is 0.144. The molecule has 0 unspecified atom stereocenters. The van der Waals surface area contributed by atoms with E-state index in [1.54, 1.807) is 0 Å². The van der Waals surface area contributed by atoms with Crippen LogP contribution in [0.2, 0.25) is 0 Å². The molecule has 0 bridgehead atoms. The maximum Gasteiger partial charge on any atom is 0.329 e. The van der Waals surface area contributed by atoms with Crippen LogP contribution in [-0.2, 0) is 0 Å². The van der Waals surface area contributed by atoms with E-state index in [1.807, 2.05) is 0 Å². The highest BCUT2D eigenvalue weighted by molar-refractivity contribution is 6.91. The molecule has 0 saturated carbocycles. The monoisotopic (exact) mass is 373 g/mol. The molecule has 0 fully saturated rings. The van der Waals surface area contributed by atoms with Gasteiger partial charge in [0.25, 0.3) is 0 Å². The van der Waals surface area contributed by atoms with Crippen molar-refractivity contribution in [2.24, 2.45) is 0 Å². The average molecular weight is 373 g/mol. The molecule has 2 heteroatoms. The van der Waals surface area contributed by atoms with Gasteiger partial charge in [-0.3, -0.25) is 0 Å². The predicted octanol–water partition coefficient (Wildman–Crippen LogP) is 5.54.